The van der Waals surface area contributed by atoms with Crippen molar-refractivity contribution in [3.05, 3.63) is 0 Å². The first kappa shape index (κ1) is 19.6. The third kappa shape index (κ3) is 3.78. The van der Waals surface area contributed by atoms with Crippen LogP contribution in [-0.4, -0.2) is 49.1 Å². The summed E-state index contributed by atoms with van der Waals surface area (Å²) in [7, 11) is 0. The maximum atomic E-state index is 12.4. The molecule has 0 aromatic carbocycles. The lowest BCUT2D eigenvalue weighted by Gasteiger charge is -2.26. The van der Waals surface area contributed by atoms with Gasteiger partial charge in [-0.3, -0.25) is 4.79 Å². The maximum Gasteiger partial charge on any atom is 0.311 e. The number of carbonyl (C=O) groups is 1. The summed E-state index contributed by atoms with van der Waals surface area (Å²) in [5, 5.41) is 0. The Labute approximate surface area is 162 Å². The molecule has 0 radical (unpaired) electrons. The Bertz CT molecular complexity index is 547. The van der Waals surface area contributed by atoms with Gasteiger partial charge in [-0.1, -0.05) is 6.92 Å². The van der Waals surface area contributed by atoms with Gasteiger partial charge in [0.15, 0.2) is 11.6 Å². The monoisotopic (exact) mass is 382 g/mol. The summed E-state index contributed by atoms with van der Waals surface area (Å²) in [5.74, 6) is -1.14. The second-order valence-corrected chi connectivity index (χ2v) is 9.28. The van der Waals surface area contributed by atoms with Crippen LogP contribution in [0, 0.1) is 5.41 Å². The highest BCUT2D eigenvalue weighted by atomic mass is 16.8. The van der Waals surface area contributed by atoms with Crippen LogP contribution in [0.15, 0.2) is 0 Å². The van der Waals surface area contributed by atoms with Crippen molar-refractivity contribution in [2.24, 2.45) is 5.41 Å². The fourth-order valence-corrected chi connectivity index (χ4v) is 4.70. The third-order valence-electron chi connectivity index (χ3n) is 6.87. The topological polar surface area (TPSA) is 63.2 Å². The van der Waals surface area contributed by atoms with Crippen LogP contribution in [0.1, 0.15) is 78.6 Å². The molecule has 2 aliphatic carbocycles. The Balaban J connectivity index is 1.43. The molecule has 0 amide bonds. The molecule has 0 aromatic rings. The fraction of sp³-hybridized carbons (Fsp3) is 0.952. The van der Waals surface area contributed by atoms with Crippen molar-refractivity contribution in [3.8, 4) is 0 Å². The predicted octanol–water partition coefficient (Wildman–Crippen LogP) is 3.71. The van der Waals surface area contributed by atoms with Gasteiger partial charge in [-0.2, -0.15) is 0 Å². The minimum Gasteiger partial charge on any atom is -0.462 e. The predicted molar refractivity (Wildman–Crippen MR) is 98.0 cm³/mol. The molecule has 6 heteroatoms. The molecule has 0 N–H and O–H groups in total. The van der Waals surface area contributed by atoms with Gasteiger partial charge in [0.25, 0.3) is 0 Å². The van der Waals surface area contributed by atoms with Gasteiger partial charge in [-0.05, 0) is 46.0 Å². The first-order valence-electron chi connectivity index (χ1n) is 10.7. The van der Waals surface area contributed by atoms with E-state index in [1.54, 1.807) is 0 Å². The first-order chi connectivity index (χ1) is 12.9. The molecule has 2 aliphatic heterocycles. The van der Waals surface area contributed by atoms with E-state index in [2.05, 4.69) is 0 Å². The van der Waals surface area contributed by atoms with Crippen molar-refractivity contribution < 1.29 is 28.5 Å². The molecule has 3 atom stereocenters. The Morgan fingerprint density at radius 1 is 1.00 bits per heavy atom. The second-order valence-electron chi connectivity index (χ2n) is 9.28. The Kier molecular flexibility index (Phi) is 5.29. The van der Waals surface area contributed by atoms with E-state index in [9.17, 15) is 4.79 Å². The van der Waals surface area contributed by atoms with Crippen LogP contribution in [-0.2, 0) is 28.5 Å². The van der Waals surface area contributed by atoms with Crippen molar-refractivity contribution in [2.75, 3.05) is 13.2 Å². The molecule has 4 rings (SSSR count). The van der Waals surface area contributed by atoms with Crippen molar-refractivity contribution in [1.29, 1.82) is 0 Å². The van der Waals surface area contributed by atoms with Gasteiger partial charge in [0.05, 0.1) is 12.0 Å². The van der Waals surface area contributed by atoms with Crippen molar-refractivity contribution >= 4 is 5.97 Å². The molecule has 3 unspecified atom stereocenters. The molecule has 27 heavy (non-hydrogen) atoms. The van der Waals surface area contributed by atoms with Gasteiger partial charge in [0.1, 0.15) is 24.9 Å². The van der Waals surface area contributed by atoms with E-state index in [1.807, 2.05) is 20.8 Å². The normalized spacial score (nSPS) is 34.7. The maximum absolute atomic E-state index is 12.4. The second kappa shape index (κ2) is 7.29. The molecule has 154 valence electrons. The SMILES string of the molecule is CCC(C)(C)C(=O)OCC1OC2(CCCC2)OC1C1COC2(CCCC2)O1. The highest BCUT2D eigenvalue weighted by molar-refractivity contribution is 5.75. The minimum atomic E-state index is -0.531. The molecule has 2 heterocycles. The zero-order valence-electron chi connectivity index (χ0n) is 17.0. The van der Waals surface area contributed by atoms with E-state index in [0.29, 0.717) is 6.61 Å². The van der Waals surface area contributed by atoms with E-state index in [4.69, 9.17) is 23.7 Å². The highest BCUT2D eigenvalue weighted by Crippen LogP contribution is 2.46. The van der Waals surface area contributed by atoms with Gasteiger partial charge < -0.3 is 23.7 Å². The average molecular weight is 382 g/mol. The summed E-state index contributed by atoms with van der Waals surface area (Å²) >= 11 is 0. The summed E-state index contributed by atoms with van der Waals surface area (Å²) in [6.07, 6.45) is 8.22. The number of hydrogen-bond donors (Lipinski definition) is 0. The van der Waals surface area contributed by atoms with E-state index in [0.717, 1.165) is 57.8 Å². The van der Waals surface area contributed by atoms with E-state index < -0.39 is 17.0 Å². The number of hydrogen-bond acceptors (Lipinski definition) is 6. The van der Waals surface area contributed by atoms with Gasteiger partial charge in [0.2, 0.25) is 0 Å². The van der Waals surface area contributed by atoms with E-state index >= 15 is 0 Å². The molecular weight excluding hydrogens is 348 g/mol. The molecule has 6 nitrogen and oxygen atoms in total. The van der Waals surface area contributed by atoms with Crippen LogP contribution in [0.5, 0.6) is 0 Å². The van der Waals surface area contributed by atoms with Crippen molar-refractivity contribution in [3.63, 3.8) is 0 Å². The molecule has 4 fully saturated rings. The lowest BCUT2D eigenvalue weighted by atomic mass is 9.91. The van der Waals surface area contributed by atoms with Gasteiger partial charge in [-0.25, -0.2) is 0 Å². The number of rotatable bonds is 5. The zero-order chi connectivity index (χ0) is 19.1. The number of ether oxygens (including phenoxy) is 5. The summed E-state index contributed by atoms with van der Waals surface area (Å²) in [6.45, 7) is 6.55. The van der Waals surface area contributed by atoms with Gasteiger partial charge >= 0.3 is 5.97 Å². The quantitative estimate of drug-likeness (QED) is 0.676. The molecular formula is C21H34O6. The highest BCUT2D eigenvalue weighted by Gasteiger charge is 2.56. The summed E-state index contributed by atoms with van der Waals surface area (Å²) in [4.78, 5) is 12.4. The summed E-state index contributed by atoms with van der Waals surface area (Å²) in [6, 6.07) is 0. The Morgan fingerprint density at radius 2 is 1.63 bits per heavy atom. The molecule has 2 saturated carbocycles. The molecule has 4 aliphatic rings. The molecule has 0 bridgehead atoms. The minimum absolute atomic E-state index is 0.161. The van der Waals surface area contributed by atoms with Gasteiger partial charge in [0, 0.05) is 25.7 Å². The lowest BCUT2D eigenvalue weighted by Crippen LogP contribution is -2.41. The van der Waals surface area contributed by atoms with Crippen molar-refractivity contribution in [1.82, 2.24) is 0 Å². The Morgan fingerprint density at radius 3 is 2.26 bits per heavy atom. The third-order valence-corrected chi connectivity index (χ3v) is 6.87. The standard InChI is InChI=1S/C21H34O6/c1-4-19(2,3)18(22)23-13-15-17(27-21(26-15)11-7-8-12-21)16-14-24-20(25-16)9-5-6-10-20/h15-17H,4-14H2,1-3H3. The summed E-state index contributed by atoms with van der Waals surface area (Å²) < 4.78 is 30.8. The van der Waals surface area contributed by atoms with Crippen LogP contribution in [0.25, 0.3) is 0 Å². The van der Waals surface area contributed by atoms with Crippen LogP contribution in [0.2, 0.25) is 0 Å². The van der Waals surface area contributed by atoms with Crippen LogP contribution in [0.3, 0.4) is 0 Å². The van der Waals surface area contributed by atoms with Crippen molar-refractivity contribution in [2.45, 2.75) is 108 Å². The van der Waals surface area contributed by atoms with Crippen LogP contribution in [0.4, 0.5) is 0 Å². The molecule has 2 saturated heterocycles. The average Bonchev–Trinajstić information content (AvgIpc) is 3.44. The van der Waals surface area contributed by atoms with E-state index in [1.165, 1.54) is 0 Å². The van der Waals surface area contributed by atoms with Gasteiger partial charge in [-0.15, -0.1) is 0 Å². The fourth-order valence-electron chi connectivity index (χ4n) is 4.70. The summed E-state index contributed by atoms with van der Waals surface area (Å²) in [5.41, 5.74) is -0.485. The molecule has 0 aromatic heterocycles. The Hall–Kier alpha value is -0.690. The van der Waals surface area contributed by atoms with E-state index in [-0.39, 0.29) is 30.9 Å². The first-order valence-corrected chi connectivity index (χ1v) is 10.7. The lowest BCUT2D eigenvalue weighted by molar-refractivity contribution is -0.195. The number of carbonyl (C=O) groups excluding carboxylic acids is 1. The molecule has 2 spiro atoms. The van der Waals surface area contributed by atoms with Crippen LogP contribution < -0.4 is 0 Å². The largest absolute Gasteiger partial charge is 0.462 e. The smallest absolute Gasteiger partial charge is 0.311 e. The zero-order valence-corrected chi connectivity index (χ0v) is 17.0. The van der Waals surface area contributed by atoms with Crippen LogP contribution >= 0.6 is 0 Å². The number of esters is 1.